The minimum absolute atomic E-state index is 0.205. The quantitative estimate of drug-likeness (QED) is 0.566. The van der Waals surface area contributed by atoms with Crippen LogP contribution in [-0.2, 0) is 11.3 Å². The molecule has 3 aromatic rings. The number of nitrogens with zero attached hydrogens (tertiary/aromatic N) is 1. The molecule has 2 aromatic carbocycles. The molecule has 0 aliphatic heterocycles. The predicted molar refractivity (Wildman–Crippen MR) is 97.4 cm³/mol. The van der Waals surface area contributed by atoms with Crippen molar-refractivity contribution in [2.75, 3.05) is 7.11 Å². The first-order chi connectivity index (χ1) is 13.0. The van der Waals surface area contributed by atoms with Crippen LogP contribution in [0.5, 0.6) is 5.75 Å². The second kappa shape index (κ2) is 7.56. The summed E-state index contributed by atoms with van der Waals surface area (Å²) in [5, 5.41) is 2.79. The third-order valence-corrected chi connectivity index (χ3v) is 3.85. The number of H-pyrrole nitrogens is 1. The standard InChI is InChI=1S/C18H16N4O5/c1-27-12-8-6-11(7-9-12)16(24)20-19-15(23)10-22-18(26)14-5-3-2-4-13(14)17(25)21-22/h2-9H,10H2,1H3,(H,19,23)(H,20,24)(H,21,25). The summed E-state index contributed by atoms with van der Waals surface area (Å²) in [7, 11) is 1.51. The van der Waals surface area contributed by atoms with Crippen LogP contribution in [0.3, 0.4) is 0 Å². The molecule has 0 saturated heterocycles. The summed E-state index contributed by atoms with van der Waals surface area (Å²) in [4.78, 5) is 48.4. The van der Waals surface area contributed by atoms with Gasteiger partial charge in [0.1, 0.15) is 12.3 Å². The third kappa shape index (κ3) is 3.87. The first-order valence-electron chi connectivity index (χ1n) is 7.94. The summed E-state index contributed by atoms with van der Waals surface area (Å²) >= 11 is 0. The van der Waals surface area contributed by atoms with Crippen molar-refractivity contribution in [3.8, 4) is 5.75 Å². The topological polar surface area (TPSA) is 122 Å². The van der Waals surface area contributed by atoms with E-state index in [9.17, 15) is 19.2 Å². The minimum Gasteiger partial charge on any atom is -0.497 e. The van der Waals surface area contributed by atoms with Gasteiger partial charge in [-0.15, -0.1) is 0 Å². The fourth-order valence-electron chi connectivity index (χ4n) is 2.48. The molecule has 138 valence electrons. The Hall–Kier alpha value is -3.88. The fraction of sp³-hybridized carbons (Fsp3) is 0.111. The largest absolute Gasteiger partial charge is 0.497 e. The third-order valence-electron chi connectivity index (χ3n) is 3.85. The lowest BCUT2D eigenvalue weighted by atomic mass is 10.2. The minimum atomic E-state index is -0.676. The van der Waals surface area contributed by atoms with Gasteiger partial charge in [0.25, 0.3) is 22.9 Å². The lowest BCUT2D eigenvalue weighted by molar-refractivity contribution is -0.122. The van der Waals surface area contributed by atoms with Gasteiger partial charge in [-0.2, -0.15) is 0 Å². The molecule has 0 fully saturated rings. The Labute approximate surface area is 152 Å². The zero-order chi connectivity index (χ0) is 19.4. The van der Waals surface area contributed by atoms with E-state index in [1.807, 2.05) is 0 Å². The van der Waals surface area contributed by atoms with E-state index in [0.717, 1.165) is 4.68 Å². The maximum absolute atomic E-state index is 12.3. The van der Waals surface area contributed by atoms with Crippen molar-refractivity contribution in [2.24, 2.45) is 0 Å². The predicted octanol–water partition coefficient (Wildman–Crippen LogP) is 0.160. The average molecular weight is 368 g/mol. The molecule has 1 heterocycles. The lowest BCUT2D eigenvalue weighted by Gasteiger charge is -2.09. The van der Waals surface area contributed by atoms with E-state index >= 15 is 0 Å². The van der Waals surface area contributed by atoms with Crippen LogP contribution in [0.4, 0.5) is 0 Å². The van der Waals surface area contributed by atoms with Crippen molar-refractivity contribution in [1.29, 1.82) is 0 Å². The number of ether oxygens (including phenoxy) is 1. The highest BCUT2D eigenvalue weighted by atomic mass is 16.5. The molecule has 0 unspecified atom stereocenters. The summed E-state index contributed by atoms with van der Waals surface area (Å²) in [5.41, 5.74) is 3.76. The van der Waals surface area contributed by atoms with Crippen molar-refractivity contribution in [2.45, 2.75) is 6.54 Å². The summed E-state index contributed by atoms with van der Waals surface area (Å²) < 4.78 is 5.89. The molecule has 3 N–H and O–H groups in total. The highest BCUT2D eigenvalue weighted by molar-refractivity contribution is 5.95. The van der Waals surface area contributed by atoms with Gasteiger partial charge >= 0.3 is 0 Å². The number of fused-ring (bicyclic) bond motifs is 1. The molecular formula is C18H16N4O5. The molecule has 0 bridgehead atoms. The zero-order valence-electron chi connectivity index (χ0n) is 14.3. The summed E-state index contributed by atoms with van der Waals surface area (Å²) in [5.74, 6) is -0.620. The molecule has 0 atom stereocenters. The normalized spacial score (nSPS) is 10.4. The number of aromatic nitrogens is 2. The van der Waals surface area contributed by atoms with E-state index in [2.05, 4.69) is 16.0 Å². The van der Waals surface area contributed by atoms with Gasteiger partial charge in [0, 0.05) is 5.56 Å². The maximum Gasteiger partial charge on any atom is 0.273 e. The highest BCUT2D eigenvalue weighted by Gasteiger charge is 2.11. The second-order valence-corrected chi connectivity index (χ2v) is 5.61. The zero-order valence-corrected chi connectivity index (χ0v) is 14.3. The number of methoxy groups -OCH3 is 1. The number of nitrogens with one attached hydrogen (secondary N) is 3. The molecule has 0 saturated carbocycles. The van der Waals surface area contributed by atoms with Crippen LogP contribution >= 0.6 is 0 Å². The number of benzene rings is 2. The Kier molecular flexibility index (Phi) is 5.02. The summed E-state index contributed by atoms with van der Waals surface area (Å²) in [6.45, 7) is -0.457. The van der Waals surface area contributed by atoms with Gasteiger partial charge < -0.3 is 4.74 Å². The van der Waals surface area contributed by atoms with E-state index in [1.165, 1.54) is 31.4 Å². The second-order valence-electron chi connectivity index (χ2n) is 5.61. The van der Waals surface area contributed by atoms with E-state index < -0.39 is 29.5 Å². The number of aromatic amines is 1. The first kappa shape index (κ1) is 17.9. The Morgan fingerprint density at radius 3 is 2.33 bits per heavy atom. The molecule has 1 aromatic heterocycles. The molecule has 27 heavy (non-hydrogen) atoms. The maximum atomic E-state index is 12.3. The van der Waals surface area contributed by atoms with Crippen LogP contribution in [0.25, 0.3) is 10.8 Å². The van der Waals surface area contributed by atoms with Crippen LogP contribution in [0.1, 0.15) is 10.4 Å². The Balaban J connectivity index is 1.68. The van der Waals surface area contributed by atoms with Gasteiger partial charge in [0.2, 0.25) is 0 Å². The van der Waals surface area contributed by atoms with Crippen LogP contribution < -0.4 is 26.7 Å². The van der Waals surface area contributed by atoms with E-state index in [1.54, 1.807) is 24.3 Å². The van der Waals surface area contributed by atoms with Crippen molar-refractivity contribution >= 4 is 22.6 Å². The molecule has 0 spiro atoms. The molecule has 9 heteroatoms. The van der Waals surface area contributed by atoms with Crippen molar-refractivity contribution in [1.82, 2.24) is 20.6 Å². The molecule has 0 radical (unpaired) electrons. The average Bonchev–Trinajstić information content (AvgIpc) is 2.70. The van der Waals surface area contributed by atoms with E-state index in [4.69, 9.17) is 4.74 Å². The van der Waals surface area contributed by atoms with E-state index in [-0.39, 0.29) is 10.8 Å². The van der Waals surface area contributed by atoms with Crippen molar-refractivity contribution in [3.63, 3.8) is 0 Å². The van der Waals surface area contributed by atoms with Gasteiger partial charge in [-0.1, -0.05) is 12.1 Å². The van der Waals surface area contributed by atoms with Gasteiger partial charge in [-0.3, -0.25) is 35.1 Å². The van der Waals surface area contributed by atoms with Gasteiger partial charge in [0.05, 0.1) is 17.9 Å². The lowest BCUT2D eigenvalue weighted by Crippen LogP contribution is -2.45. The molecule has 9 nitrogen and oxygen atoms in total. The number of carbonyl (C=O) groups is 2. The monoisotopic (exact) mass is 368 g/mol. The smallest absolute Gasteiger partial charge is 0.273 e. The summed E-state index contributed by atoms with van der Waals surface area (Å²) in [6.07, 6.45) is 0. The fourth-order valence-corrected chi connectivity index (χ4v) is 2.48. The van der Waals surface area contributed by atoms with Gasteiger partial charge in [-0.25, -0.2) is 4.68 Å². The van der Waals surface area contributed by atoms with E-state index in [0.29, 0.717) is 11.3 Å². The molecule has 0 aliphatic carbocycles. The number of rotatable bonds is 4. The van der Waals surface area contributed by atoms with Crippen molar-refractivity contribution < 1.29 is 14.3 Å². The Morgan fingerprint density at radius 2 is 1.67 bits per heavy atom. The van der Waals surface area contributed by atoms with Crippen molar-refractivity contribution in [3.05, 3.63) is 74.8 Å². The number of hydrogen-bond donors (Lipinski definition) is 3. The SMILES string of the molecule is COc1ccc(C(=O)NNC(=O)Cn2[nH]c(=O)c3ccccc3c2=O)cc1. The van der Waals surface area contributed by atoms with Gasteiger partial charge in [0.15, 0.2) is 0 Å². The first-order valence-corrected chi connectivity index (χ1v) is 7.94. The van der Waals surface area contributed by atoms with Gasteiger partial charge in [-0.05, 0) is 36.4 Å². The van der Waals surface area contributed by atoms with Crippen LogP contribution in [0, 0.1) is 0 Å². The number of hydrazine groups is 1. The van der Waals surface area contributed by atoms with Crippen LogP contribution in [0.15, 0.2) is 58.1 Å². The molecule has 3 rings (SSSR count). The number of amides is 2. The van der Waals surface area contributed by atoms with Crippen LogP contribution in [0.2, 0.25) is 0 Å². The Bertz CT molecular complexity index is 1120. The highest BCUT2D eigenvalue weighted by Crippen LogP contribution is 2.10. The number of hydrogen-bond acceptors (Lipinski definition) is 5. The number of carbonyl (C=O) groups excluding carboxylic acids is 2. The molecular weight excluding hydrogens is 352 g/mol. The molecule has 0 aliphatic rings. The Morgan fingerprint density at radius 1 is 1.00 bits per heavy atom. The summed E-state index contributed by atoms with van der Waals surface area (Å²) in [6, 6.07) is 12.6. The molecule has 2 amide bonds. The van der Waals surface area contributed by atoms with Crippen LogP contribution in [-0.4, -0.2) is 28.7 Å².